The molecule has 0 bridgehead atoms. The van der Waals surface area contributed by atoms with Crippen molar-refractivity contribution in [2.24, 2.45) is 0 Å². The third-order valence-corrected chi connectivity index (χ3v) is 3.57. The molecule has 122 valence electrons. The van der Waals surface area contributed by atoms with Crippen LogP contribution in [-0.2, 0) is 4.74 Å². The fourth-order valence-corrected chi connectivity index (χ4v) is 2.43. The van der Waals surface area contributed by atoms with Crippen LogP contribution in [0.15, 0.2) is 54.7 Å². The molecule has 1 aromatic heterocycles. The molecule has 0 spiro atoms. The summed E-state index contributed by atoms with van der Waals surface area (Å²) >= 11 is 0. The Labute approximate surface area is 137 Å². The Balaban J connectivity index is 1.90. The number of benzene rings is 2. The van der Waals surface area contributed by atoms with Crippen molar-refractivity contribution < 1.29 is 23.5 Å². The van der Waals surface area contributed by atoms with E-state index < -0.39 is 17.7 Å². The predicted molar refractivity (Wildman–Crippen MR) is 85.8 cm³/mol. The number of hydrogen-bond acceptors (Lipinski definition) is 4. The van der Waals surface area contributed by atoms with Crippen LogP contribution in [-0.4, -0.2) is 30.2 Å². The lowest BCUT2D eigenvalue weighted by Gasteiger charge is -2.07. The van der Waals surface area contributed by atoms with E-state index in [-0.39, 0.29) is 17.9 Å². The van der Waals surface area contributed by atoms with Gasteiger partial charge in [-0.25, -0.2) is 9.18 Å². The van der Waals surface area contributed by atoms with Crippen molar-refractivity contribution in [3.63, 3.8) is 0 Å². The monoisotopic (exact) mass is 327 g/mol. The van der Waals surface area contributed by atoms with Crippen LogP contribution in [0, 0.1) is 5.82 Å². The highest BCUT2D eigenvalue weighted by molar-refractivity contribution is 6.07. The van der Waals surface area contributed by atoms with Crippen molar-refractivity contribution in [1.82, 2.24) is 4.57 Å². The molecule has 0 aliphatic carbocycles. The molecule has 0 amide bonds. The molecule has 24 heavy (non-hydrogen) atoms. The molecule has 0 N–H and O–H groups in total. The minimum Gasteiger partial charge on any atom is -0.481 e. The lowest BCUT2D eigenvalue weighted by atomic mass is 10.2. The largest absolute Gasteiger partial charge is 0.481 e. The van der Waals surface area contributed by atoms with E-state index in [2.05, 4.69) is 0 Å². The molecule has 0 aliphatic rings. The first-order valence-corrected chi connectivity index (χ1v) is 7.20. The van der Waals surface area contributed by atoms with E-state index in [1.165, 1.54) is 36.1 Å². The number of rotatable bonds is 4. The molecule has 0 unspecified atom stereocenters. The van der Waals surface area contributed by atoms with Gasteiger partial charge >= 0.3 is 5.97 Å². The van der Waals surface area contributed by atoms with Gasteiger partial charge in [0.25, 0.3) is 5.91 Å². The Kier molecular flexibility index (Phi) is 4.29. The lowest BCUT2D eigenvalue weighted by molar-refractivity contribution is 0.0603. The Morgan fingerprint density at radius 1 is 1.08 bits per heavy atom. The highest BCUT2D eigenvalue weighted by Crippen LogP contribution is 2.22. The second-order valence-electron chi connectivity index (χ2n) is 5.03. The molecule has 0 radical (unpaired) electrons. The van der Waals surface area contributed by atoms with E-state index in [0.717, 1.165) is 0 Å². The van der Waals surface area contributed by atoms with Gasteiger partial charge in [-0.05, 0) is 18.2 Å². The average Bonchev–Trinajstić information content (AvgIpc) is 3.00. The summed E-state index contributed by atoms with van der Waals surface area (Å²) < 4.78 is 24.8. The number of halogens is 1. The number of para-hydroxylation sites is 2. The van der Waals surface area contributed by atoms with Crippen LogP contribution in [0.3, 0.4) is 0 Å². The predicted octanol–water partition coefficient (Wildman–Crippen LogP) is 3.29. The number of fused-ring (bicyclic) bond motifs is 1. The maximum Gasteiger partial charge on any atom is 0.340 e. The fourth-order valence-electron chi connectivity index (χ4n) is 2.43. The van der Waals surface area contributed by atoms with Gasteiger partial charge < -0.3 is 9.47 Å². The maximum atomic E-state index is 13.5. The molecule has 0 saturated carbocycles. The van der Waals surface area contributed by atoms with Gasteiger partial charge in [0.05, 0.1) is 18.2 Å². The number of aromatic nitrogens is 1. The van der Waals surface area contributed by atoms with Gasteiger partial charge in [-0.3, -0.25) is 9.36 Å². The maximum absolute atomic E-state index is 13.5. The third-order valence-electron chi connectivity index (χ3n) is 3.57. The zero-order chi connectivity index (χ0) is 17.1. The summed E-state index contributed by atoms with van der Waals surface area (Å²) in [5.74, 6) is -1.51. The molecule has 3 aromatic rings. The quantitative estimate of drug-likeness (QED) is 0.690. The third kappa shape index (κ3) is 2.86. The molecular weight excluding hydrogens is 313 g/mol. The molecule has 0 saturated heterocycles. The van der Waals surface area contributed by atoms with Gasteiger partial charge in [-0.2, -0.15) is 0 Å². The highest BCUT2D eigenvalue weighted by atomic mass is 19.1. The summed E-state index contributed by atoms with van der Waals surface area (Å²) in [5, 5.41) is 0.601. The summed E-state index contributed by atoms with van der Waals surface area (Å²) in [6.07, 6.45) is 1.41. The van der Waals surface area contributed by atoms with Crippen molar-refractivity contribution in [3.8, 4) is 5.75 Å². The Hall–Kier alpha value is -3.15. The second kappa shape index (κ2) is 6.54. The number of esters is 1. The van der Waals surface area contributed by atoms with Crippen LogP contribution in [0.4, 0.5) is 4.39 Å². The summed E-state index contributed by atoms with van der Waals surface area (Å²) in [6, 6.07) is 12.8. The molecule has 3 rings (SSSR count). The molecule has 2 aromatic carbocycles. The molecule has 6 heteroatoms. The van der Waals surface area contributed by atoms with Crippen molar-refractivity contribution >= 4 is 22.8 Å². The topological polar surface area (TPSA) is 57.5 Å². The van der Waals surface area contributed by atoms with Gasteiger partial charge in [0.2, 0.25) is 0 Å². The van der Waals surface area contributed by atoms with E-state index >= 15 is 0 Å². The van der Waals surface area contributed by atoms with Crippen LogP contribution in [0.25, 0.3) is 10.9 Å². The normalized spacial score (nSPS) is 10.6. The van der Waals surface area contributed by atoms with E-state index in [0.29, 0.717) is 10.9 Å². The van der Waals surface area contributed by atoms with E-state index in [1.807, 2.05) is 0 Å². The summed E-state index contributed by atoms with van der Waals surface area (Å²) in [7, 11) is 1.28. The number of ether oxygens (including phenoxy) is 2. The first kappa shape index (κ1) is 15.7. The SMILES string of the molecule is COC(=O)c1cn(C(=O)COc2ccccc2F)c2ccccc12. The second-order valence-corrected chi connectivity index (χ2v) is 5.03. The highest BCUT2D eigenvalue weighted by Gasteiger charge is 2.19. The Morgan fingerprint density at radius 2 is 1.79 bits per heavy atom. The van der Waals surface area contributed by atoms with Crippen molar-refractivity contribution in [2.45, 2.75) is 0 Å². The number of hydrogen-bond donors (Lipinski definition) is 0. The smallest absolute Gasteiger partial charge is 0.340 e. The van der Waals surface area contributed by atoms with Crippen LogP contribution < -0.4 is 4.74 Å². The summed E-state index contributed by atoms with van der Waals surface area (Å²) in [6.45, 7) is -0.361. The van der Waals surface area contributed by atoms with Crippen LogP contribution in [0.2, 0.25) is 0 Å². The molecule has 0 atom stereocenters. The molecule has 5 nitrogen and oxygen atoms in total. The number of carbonyl (C=O) groups excluding carboxylic acids is 2. The van der Waals surface area contributed by atoms with Crippen LogP contribution in [0.1, 0.15) is 15.2 Å². The number of nitrogens with zero attached hydrogens (tertiary/aromatic N) is 1. The Bertz CT molecular complexity index is 916. The molecule has 0 fully saturated rings. The molecule has 0 aliphatic heterocycles. The minimum absolute atomic E-state index is 0.00416. The van der Waals surface area contributed by atoms with E-state index in [1.54, 1.807) is 30.3 Å². The van der Waals surface area contributed by atoms with Gasteiger partial charge in [0.1, 0.15) is 0 Å². The number of methoxy groups -OCH3 is 1. The van der Waals surface area contributed by atoms with Crippen molar-refractivity contribution in [3.05, 3.63) is 66.1 Å². The fraction of sp³-hybridized carbons (Fsp3) is 0.111. The Morgan fingerprint density at radius 3 is 2.54 bits per heavy atom. The minimum atomic E-state index is -0.544. The summed E-state index contributed by atoms with van der Waals surface area (Å²) in [4.78, 5) is 24.3. The van der Waals surface area contributed by atoms with Crippen LogP contribution in [0.5, 0.6) is 5.75 Å². The standard InChI is InChI=1S/C18H14FNO4/c1-23-18(22)13-10-20(15-8-4-2-6-12(13)15)17(21)11-24-16-9-5-3-7-14(16)19/h2-10H,11H2,1H3. The van der Waals surface area contributed by atoms with Crippen molar-refractivity contribution in [1.29, 1.82) is 0 Å². The zero-order valence-electron chi connectivity index (χ0n) is 12.9. The van der Waals surface area contributed by atoms with Crippen molar-refractivity contribution in [2.75, 3.05) is 13.7 Å². The van der Waals surface area contributed by atoms with Gasteiger partial charge in [-0.1, -0.05) is 30.3 Å². The first-order chi connectivity index (χ1) is 11.6. The van der Waals surface area contributed by atoms with E-state index in [9.17, 15) is 14.0 Å². The zero-order valence-corrected chi connectivity index (χ0v) is 12.9. The van der Waals surface area contributed by atoms with E-state index in [4.69, 9.17) is 9.47 Å². The van der Waals surface area contributed by atoms with Crippen LogP contribution >= 0.6 is 0 Å². The van der Waals surface area contributed by atoms with Gasteiger partial charge in [0, 0.05) is 11.6 Å². The van der Waals surface area contributed by atoms with Gasteiger partial charge in [-0.15, -0.1) is 0 Å². The van der Waals surface area contributed by atoms with Gasteiger partial charge in [0.15, 0.2) is 18.2 Å². The summed E-state index contributed by atoms with van der Waals surface area (Å²) in [5.41, 5.74) is 0.840. The molecular formula is C18H14FNO4. The number of carbonyl (C=O) groups is 2. The molecule has 1 heterocycles. The average molecular weight is 327 g/mol. The lowest BCUT2D eigenvalue weighted by Crippen LogP contribution is -2.19. The first-order valence-electron chi connectivity index (χ1n) is 7.20.